The fraction of sp³-hybridized carbons (Fsp3) is 0. The van der Waals surface area contributed by atoms with Crippen LogP contribution in [0.1, 0.15) is 11.0 Å². The molecule has 0 amide bonds. The van der Waals surface area contributed by atoms with Crippen molar-refractivity contribution in [1.82, 2.24) is 0 Å². The van der Waals surface area contributed by atoms with Gasteiger partial charge >= 0.3 is 0 Å². The zero-order chi connectivity index (χ0) is 37.9. The van der Waals surface area contributed by atoms with Gasteiger partial charge in [0.1, 0.15) is 11.2 Å². The molecule has 1 nitrogen and oxygen atoms in total. The second-order valence-corrected chi connectivity index (χ2v) is 11.9. The summed E-state index contributed by atoms with van der Waals surface area (Å²) in [5, 5.41) is 6.54. The minimum atomic E-state index is -0.433. The summed E-state index contributed by atoms with van der Waals surface area (Å²) >= 11 is 0. The Kier molecular flexibility index (Phi) is 4.19. The number of rotatable bonds is 3. The van der Waals surface area contributed by atoms with Crippen molar-refractivity contribution in [2.24, 2.45) is 0 Å². The van der Waals surface area contributed by atoms with Crippen LogP contribution in [-0.4, -0.2) is 0 Å². The standard InChI is InChI=1S/C46H28O/c1-2-11-33-27-34(22-19-29(33)9-1)30-17-20-32(21-18-30)44-37-13-5-7-15-39(37)45(40-16-8-6-14-38(40)44)35-24-26-43-42(28-35)41-25-23-31-10-3-4-12-36(31)46(41)47-43/h1-28H/i5D,6D,7D,8D,13D,14D,15D,16D. The summed E-state index contributed by atoms with van der Waals surface area (Å²) in [4.78, 5) is 0. The summed E-state index contributed by atoms with van der Waals surface area (Å²) in [6, 6.07) is 36.5. The highest BCUT2D eigenvalue weighted by Crippen LogP contribution is 2.45. The fourth-order valence-corrected chi connectivity index (χ4v) is 7.06. The zero-order valence-electron chi connectivity index (χ0n) is 33.0. The molecule has 0 spiro atoms. The van der Waals surface area contributed by atoms with E-state index in [1.165, 1.54) is 0 Å². The average Bonchev–Trinajstić information content (AvgIpc) is 3.61. The molecule has 0 radical (unpaired) electrons. The maximum absolute atomic E-state index is 9.34. The minimum absolute atomic E-state index is 0.176. The van der Waals surface area contributed by atoms with Crippen molar-refractivity contribution in [3.63, 3.8) is 0 Å². The van der Waals surface area contributed by atoms with Crippen molar-refractivity contribution in [2.75, 3.05) is 0 Å². The number of hydrogen-bond donors (Lipinski definition) is 0. The molecule has 0 atom stereocenters. The Bertz CT molecular complexity index is 3210. The van der Waals surface area contributed by atoms with E-state index < -0.39 is 24.2 Å². The van der Waals surface area contributed by atoms with E-state index in [9.17, 15) is 5.48 Å². The second kappa shape index (κ2) is 10.2. The van der Waals surface area contributed by atoms with Crippen LogP contribution in [0.4, 0.5) is 0 Å². The lowest BCUT2D eigenvalue weighted by atomic mass is 9.85. The number of furan rings is 1. The molecule has 1 heteroatoms. The van der Waals surface area contributed by atoms with Crippen LogP contribution in [0.2, 0.25) is 0 Å². The summed E-state index contributed by atoms with van der Waals surface area (Å²) in [6.45, 7) is 0. The van der Waals surface area contributed by atoms with Crippen LogP contribution in [0.25, 0.3) is 98.4 Å². The quantitative estimate of drug-likeness (QED) is 0.183. The van der Waals surface area contributed by atoms with Crippen molar-refractivity contribution in [3.8, 4) is 33.4 Å². The van der Waals surface area contributed by atoms with E-state index in [2.05, 4.69) is 24.3 Å². The van der Waals surface area contributed by atoms with Gasteiger partial charge in [-0.25, -0.2) is 0 Å². The van der Waals surface area contributed by atoms with Crippen LogP contribution in [0.15, 0.2) is 174 Å². The van der Waals surface area contributed by atoms with E-state index in [0.29, 0.717) is 33.4 Å². The summed E-state index contributed by atoms with van der Waals surface area (Å²) in [6.07, 6.45) is 0. The fourth-order valence-electron chi connectivity index (χ4n) is 7.06. The molecule has 0 saturated heterocycles. The van der Waals surface area contributed by atoms with Gasteiger partial charge in [-0.15, -0.1) is 0 Å². The van der Waals surface area contributed by atoms with Gasteiger partial charge in [0.05, 0.1) is 11.0 Å². The van der Waals surface area contributed by atoms with Gasteiger partial charge in [0.25, 0.3) is 0 Å². The molecule has 1 heterocycles. The molecular formula is C46H28O. The molecule has 0 saturated carbocycles. The Morgan fingerprint density at radius 1 is 0.362 bits per heavy atom. The predicted molar refractivity (Wildman–Crippen MR) is 200 cm³/mol. The first-order chi connectivity index (χ1) is 26.6. The molecule has 218 valence electrons. The molecule has 0 fully saturated rings. The third-order valence-corrected chi connectivity index (χ3v) is 9.28. The smallest absolute Gasteiger partial charge is 0.143 e. The van der Waals surface area contributed by atoms with Gasteiger partial charge < -0.3 is 4.42 Å². The second-order valence-electron chi connectivity index (χ2n) is 11.9. The highest BCUT2D eigenvalue weighted by molar-refractivity contribution is 6.22. The first-order valence-corrected chi connectivity index (χ1v) is 15.5. The van der Waals surface area contributed by atoms with Crippen molar-refractivity contribution >= 4 is 65.0 Å². The molecular weight excluding hydrogens is 569 g/mol. The Morgan fingerprint density at radius 2 is 0.915 bits per heavy atom. The first kappa shape index (κ1) is 19.4. The third kappa shape index (κ3) is 4.03. The van der Waals surface area contributed by atoms with E-state index in [1.54, 1.807) is 6.07 Å². The predicted octanol–water partition coefficient (Wildman–Crippen LogP) is 13.2. The molecule has 1 aromatic heterocycles. The summed E-state index contributed by atoms with van der Waals surface area (Å²) in [5.74, 6) is 0. The molecule has 9 aromatic carbocycles. The van der Waals surface area contributed by atoms with E-state index in [-0.39, 0.29) is 45.7 Å². The summed E-state index contributed by atoms with van der Waals surface area (Å²) < 4.78 is 78.8. The SMILES string of the molecule is [2H]c1c([2H])c([2H])c2c(-c3ccc4oc5c6ccccc6ccc5c4c3)c3c([2H])c([2H])c([2H])c([2H])c3c(-c3ccc(-c4ccc5ccccc5c4)cc3)c2c1[2H]. The molecule has 0 aliphatic heterocycles. The van der Waals surface area contributed by atoms with Crippen LogP contribution in [0, 0.1) is 0 Å². The molecule has 0 unspecified atom stereocenters. The van der Waals surface area contributed by atoms with Gasteiger partial charge in [0, 0.05) is 16.2 Å². The Hall–Kier alpha value is -6.18. The largest absolute Gasteiger partial charge is 0.455 e. The topological polar surface area (TPSA) is 13.1 Å². The molecule has 0 aliphatic carbocycles. The highest BCUT2D eigenvalue weighted by atomic mass is 16.3. The summed E-state index contributed by atoms with van der Waals surface area (Å²) in [7, 11) is 0. The van der Waals surface area contributed by atoms with Gasteiger partial charge in [-0.3, -0.25) is 0 Å². The molecule has 0 N–H and O–H groups in total. The van der Waals surface area contributed by atoms with Gasteiger partial charge in [0.15, 0.2) is 0 Å². The Labute approximate surface area is 283 Å². The van der Waals surface area contributed by atoms with Crippen molar-refractivity contribution in [1.29, 1.82) is 0 Å². The van der Waals surface area contributed by atoms with Crippen LogP contribution in [-0.2, 0) is 0 Å². The normalized spacial score (nSPS) is 14.2. The Balaban J connectivity index is 1.31. The molecule has 47 heavy (non-hydrogen) atoms. The van der Waals surface area contributed by atoms with E-state index in [0.717, 1.165) is 43.4 Å². The van der Waals surface area contributed by atoms with Crippen molar-refractivity contribution in [2.45, 2.75) is 0 Å². The lowest BCUT2D eigenvalue weighted by Crippen LogP contribution is -1.91. The number of benzene rings is 9. The van der Waals surface area contributed by atoms with Crippen LogP contribution in [0.5, 0.6) is 0 Å². The molecule has 0 bridgehead atoms. The van der Waals surface area contributed by atoms with E-state index in [1.807, 2.05) is 91.0 Å². The van der Waals surface area contributed by atoms with Crippen LogP contribution >= 0.6 is 0 Å². The van der Waals surface area contributed by atoms with E-state index in [4.69, 9.17) is 9.90 Å². The maximum atomic E-state index is 9.34. The van der Waals surface area contributed by atoms with Gasteiger partial charge in [-0.05, 0) is 95.3 Å². The number of hydrogen-bond acceptors (Lipinski definition) is 1. The maximum Gasteiger partial charge on any atom is 0.143 e. The third-order valence-electron chi connectivity index (χ3n) is 9.28. The monoisotopic (exact) mass is 604 g/mol. The van der Waals surface area contributed by atoms with Crippen molar-refractivity contribution < 1.29 is 15.4 Å². The lowest BCUT2D eigenvalue weighted by molar-refractivity contribution is 0.672. The van der Waals surface area contributed by atoms with Crippen molar-refractivity contribution in [3.05, 3.63) is 170 Å². The average molecular weight is 605 g/mol. The van der Waals surface area contributed by atoms with Gasteiger partial charge in [-0.1, -0.05) is 145 Å². The highest BCUT2D eigenvalue weighted by Gasteiger charge is 2.18. The Morgan fingerprint density at radius 3 is 1.64 bits per heavy atom. The molecule has 0 aliphatic rings. The molecule has 10 aromatic rings. The van der Waals surface area contributed by atoms with Gasteiger partial charge in [0.2, 0.25) is 0 Å². The molecule has 10 rings (SSSR count). The minimum Gasteiger partial charge on any atom is -0.455 e. The van der Waals surface area contributed by atoms with Gasteiger partial charge in [-0.2, -0.15) is 0 Å². The zero-order valence-corrected chi connectivity index (χ0v) is 25.0. The lowest BCUT2D eigenvalue weighted by Gasteiger charge is -2.18. The number of fused-ring (bicyclic) bond motifs is 8. The summed E-state index contributed by atoms with van der Waals surface area (Å²) in [5.41, 5.74) is 4.97. The van der Waals surface area contributed by atoms with E-state index >= 15 is 0 Å². The van der Waals surface area contributed by atoms with Crippen LogP contribution in [0.3, 0.4) is 0 Å². The van der Waals surface area contributed by atoms with Crippen LogP contribution < -0.4 is 0 Å². The first-order valence-electron chi connectivity index (χ1n) is 19.5.